The Morgan fingerprint density at radius 2 is 1.87 bits per heavy atom. The highest BCUT2D eigenvalue weighted by Crippen LogP contribution is 2.25. The molecule has 170 valence electrons. The highest BCUT2D eigenvalue weighted by Gasteiger charge is 2.40. The van der Waals surface area contributed by atoms with Gasteiger partial charge in [0.25, 0.3) is 0 Å². The average molecular weight is 440 g/mol. The third-order valence-corrected chi connectivity index (χ3v) is 5.45. The summed E-state index contributed by atoms with van der Waals surface area (Å²) >= 11 is 0. The van der Waals surface area contributed by atoms with Crippen LogP contribution in [0.15, 0.2) is 46.9 Å². The molecule has 0 aliphatic carbocycles. The molecular weight excluding hydrogens is 413 g/mol. The zero-order valence-corrected chi connectivity index (χ0v) is 17.3. The molecule has 2 aliphatic heterocycles. The number of morpholine rings is 1. The van der Waals surface area contributed by atoms with E-state index < -0.39 is 12.1 Å². The molecule has 2 aromatic rings. The van der Waals surface area contributed by atoms with E-state index in [1.807, 2.05) is 13.0 Å². The first-order valence-corrected chi connectivity index (χ1v) is 10.2. The number of alkyl halides is 3. The van der Waals surface area contributed by atoms with Crippen LogP contribution >= 0.6 is 0 Å². The van der Waals surface area contributed by atoms with Crippen LogP contribution in [0.1, 0.15) is 17.1 Å². The molecule has 1 aromatic heterocycles. The monoisotopic (exact) mass is 440 g/mol. The van der Waals surface area contributed by atoms with E-state index in [1.54, 1.807) is 0 Å². The second kappa shape index (κ2) is 10.3. The summed E-state index contributed by atoms with van der Waals surface area (Å²) in [7, 11) is 0. The number of likely N-dealkylation sites (tertiary alicyclic amines) is 1. The van der Waals surface area contributed by atoms with Gasteiger partial charge in [0.05, 0.1) is 25.3 Å². The number of aryl methyl sites for hydroxylation is 1. The first-order valence-electron chi connectivity index (χ1n) is 10.2. The van der Waals surface area contributed by atoms with Crippen LogP contribution in [0.25, 0.3) is 0 Å². The van der Waals surface area contributed by atoms with Crippen molar-refractivity contribution in [2.45, 2.75) is 38.2 Å². The number of carbonyl (C=O) groups is 1. The molecule has 0 radical (unpaired) electrons. The lowest BCUT2D eigenvalue weighted by atomic mass is 10.1. The fourth-order valence-corrected chi connectivity index (χ4v) is 3.92. The first kappa shape index (κ1) is 23.3. The van der Waals surface area contributed by atoms with Crippen molar-refractivity contribution in [3.8, 4) is 0 Å². The number of hydrogen-bond donors (Lipinski definition) is 1. The molecule has 2 saturated heterocycles. The molecule has 1 N–H and O–H groups in total. The van der Waals surface area contributed by atoms with Crippen molar-refractivity contribution >= 4 is 5.97 Å². The van der Waals surface area contributed by atoms with E-state index in [9.17, 15) is 13.2 Å². The van der Waals surface area contributed by atoms with E-state index in [1.165, 1.54) is 5.56 Å². The Hall–Kier alpha value is -2.36. The summed E-state index contributed by atoms with van der Waals surface area (Å²) in [5, 5.41) is 7.12. The van der Waals surface area contributed by atoms with E-state index in [-0.39, 0.29) is 0 Å². The van der Waals surface area contributed by atoms with Crippen molar-refractivity contribution in [3.63, 3.8) is 0 Å². The zero-order valence-electron chi connectivity index (χ0n) is 17.3. The summed E-state index contributed by atoms with van der Waals surface area (Å²) in [6.07, 6.45) is -3.64. The number of nitrogens with zero attached hydrogens (tertiary/aromatic N) is 2. The molecule has 4 rings (SSSR count). The van der Waals surface area contributed by atoms with Crippen molar-refractivity contribution in [2.24, 2.45) is 0 Å². The molecular formula is C22H27F3N2O4. The minimum absolute atomic E-state index is 0.339. The van der Waals surface area contributed by atoms with Gasteiger partial charge in [0.1, 0.15) is 11.5 Å². The van der Waals surface area contributed by atoms with Crippen molar-refractivity contribution < 1.29 is 32.2 Å². The number of benzene rings is 1. The van der Waals surface area contributed by atoms with Gasteiger partial charge in [-0.25, -0.2) is 4.79 Å². The standard InChI is InChI=1S/C20H26N2O2.C2HF3O2/c1-16-7-8-18(24-16)13-22-11-12-23-20-15-21(14-19(20)22)10-9-17-5-3-2-4-6-17;3-2(4,5)1(6)7/h2-8,19-20H,9-15H2,1H3;(H,6,7)/t19-,20+;/m1./s1. The van der Waals surface area contributed by atoms with Crippen LogP contribution in [0, 0.1) is 6.92 Å². The fourth-order valence-electron chi connectivity index (χ4n) is 3.92. The van der Waals surface area contributed by atoms with Gasteiger partial charge in [-0.1, -0.05) is 30.3 Å². The molecule has 1 aromatic carbocycles. The van der Waals surface area contributed by atoms with Gasteiger partial charge < -0.3 is 14.3 Å². The lowest BCUT2D eigenvalue weighted by Crippen LogP contribution is -2.50. The average Bonchev–Trinajstić information content (AvgIpc) is 3.33. The molecule has 0 bridgehead atoms. The number of aliphatic carboxylic acids is 1. The van der Waals surface area contributed by atoms with Crippen LogP contribution < -0.4 is 0 Å². The van der Waals surface area contributed by atoms with Gasteiger partial charge in [0, 0.05) is 26.2 Å². The predicted octanol–water partition coefficient (Wildman–Crippen LogP) is 3.35. The summed E-state index contributed by atoms with van der Waals surface area (Å²) < 4.78 is 43.6. The number of halogens is 3. The Labute approximate surface area is 179 Å². The maximum atomic E-state index is 10.6. The minimum atomic E-state index is -5.08. The Balaban J connectivity index is 0.000000339. The molecule has 2 atom stereocenters. The van der Waals surface area contributed by atoms with Gasteiger partial charge in [-0.05, 0) is 31.0 Å². The third-order valence-electron chi connectivity index (χ3n) is 5.45. The SMILES string of the molecule is Cc1ccc(CN2CCO[C@H]3CN(CCc4ccccc4)C[C@H]32)o1.O=C(O)C(F)(F)F. The number of ether oxygens (including phenoxy) is 1. The number of carboxylic acids is 1. The van der Waals surface area contributed by atoms with Gasteiger partial charge in [-0.3, -0.25) is 9.80 Å². The third kappa shape index (κ3) is 6.81. The second-order valence-corrected chi connectivity index (χ2v) is 7.76. The predicted molar refractivity (Wildman–Crippen MR) is 108 cm³/mol. The van der Waals surface area contributed by atoms with Crippen LogP contribution in [-0.4, -0.2) is 72.0 Å². The normalized spacial score (nSPS) is 21.9. The molecule has 0 unspecified atom stereocenters. The molecule has 31 heavy (non-hydrogen) atoms. The van der Waals surface area contributed by atoms with Crippen LogP contribution in [0.5, 0.6) is 0 Å². The lowest BCUT2D eigenvalue weighted by molar-refractivity contribution is -0.192. The van der Waals surface area contributed by atoms with E-state index >= 15 is 0 Å². The minimum Gasteiger partial charge on any atom is -0.475 e. The Kier molecular flexibility index (Phi) is 7.74. The van der Waals surface area contributed by atoms with Crippen molar-refractivity contribution in [1.29, 1.82) is 0 Å². The van der Waals surface area contributed by atoms with Gasteiger partial charge in [-0.15, -0.1) is 0 Å². The number of carboxylic acid groups (broad SMARTS) is 1. The quantitative estimate of drug-likeness (QED) is 0.769. The van der Waals surface area contributed by atoms with Crippen molar-refractivity contribution in [3.05, 3.63) is 59.5 Å². The molecule has 2 fully saturated rings. The number of fused-ring (bicyclic) bond motifs is 1. The number of furan rings is 1. The highest BCUT2D eigenvalue weighted by atomic mass is 19.4. The van der Waals surface area contributed by atoms with E-state index in [0.717, 1.165) is 57.3 Å². The van der Waals surface area contributed by atoms with Crippen LogP contribution in [0.2, 0.25) is 0 Å². The zero-order chi connectivity index (χ0) is 22.4. The Bertz CT molecular complexity index is 841. The largest absolute Gasteiger partial charge is 0.490 e. The summed E-state index contributed by atoms with van der Waals surface area (Å²) in [4.78, 5) is 14.0. The van der Waals surface area contributed by atoms with Gasteiger partial charge in [0.2, 0.25) is 0 Å². The molecule has 9 heteroatoms. The molecule has 2 aliphatic rings. The fraction of sp³-hybridized carbons (Fsp3) is 0.500. The Morgan fingerprint density at radius 3 is 2.48 bits per heavy atom. The lowest BCUT2D eigenvalue weighted by Gasteiger charge is -2.36. The van der Waals surface area contributed by atoms with Gasteiger partial charge in [-0.2, -0.15) is 13.2 Å². The summed E-state index contributed by atoms with van der Waals surface area (Å²) in [6.45, 7) is 7.97. The summed E-state index contributed by atoms with van der Waals surface area (Å²) in [6, 6.07) is 15.4. The van der Waals surface area contributed by atoms with Gasteiger partial charge in [0.15, 0.2) is 0 Å². The van der Waals surface area contributed by atoms with Crippen molar-refractivity contribution in [1.82, 2.24) is 9.80 Å². The molecule has 0 saturated carbocycles. The molecule has 0 amide bonds. The molecule has 3 heterocycles. The van der Waals surface area contributed by atoms with E-state index in [4.69, 9.17) is 19.1 Å². The van der Waals surface area contributed by atoms with Crippen molar-refractivity contribution in [2.75, 3.05) is 32.8 Å². The Morgan fingerprint density at radius 1 is 1.16 bits per heavy atom. The van der Waals surface area contributed by atoms with E-state index in [2.05, 4.69) is 46.2 Å². The summed E-state index contributed by atoms with van der Waals surface area (Å²) in [5.74, 6) is -0.700. The number of hydrogen-bond acceptors (Lipinski definition) is 5. The van der Waals surface area contributed by atoms with Crippen LogP contribution in [0.4, 0.5) is 13.2 Å². The van der Waals surface area contributed by atoms with Crippen LogP contribution in [-0.2, 0) is 22.5 Å². The molecule has 0 spiro atoms. The number of rotatable bonds is 5. The smallest absolute Gasteiger partial charge is 0.475 e. The maximum Gasteiger partial charge on any atom is 0.490 e. The topological polar surface area (TPSA) is 66.2 Å². The van der Waals surface area contributed by atoms with Gasteiger partial charge >= 0.3 is 12.1 Å². The first-order chi connectivity index (χ1) is 14.7. The highest BCUT2D eigenvalue weighted by molar-refractivity contribution is 5.73. The second-order valence-electron chi connectivity index (χ2n) is 7.76. The summed E-state index contributed by atoms with van der Waals surface area (Å²) in [5.41, 5.74) is 1.41. The maximum absolute atomic E-state index is 10.6. The molecule has 6 nitrogen and oxygen atoms in total. The van der Waals surface area contributed by atoms with E-state index in [0.29, 0.717) is 12.1 Å². The van der Waals surface area contributed by atoms with Crippen LogP contribution in [0.3, 0.4) is 0 Å².